The van der Waals surface area contributed by atoms with Crippen LogP contribution in [0.25, 0.3) is 0 Å². The first-order chi connectivity index (χ1) is 16.7. The molecule has 1 aromatic heterocycles. The molecule has 34 heavy (non-hydrogen) atoms. The van der Waals surface area contributed by atoms with E-state index in [0.717, 1.165) is 52.1 Å². The minimum absolute atomic E-state index is 0.146. The summed E-state index contributed by atoms with van der Waals surface area (Å²) >= 11 is 0. The number of anilines is 3. The first-order valence-electron chi connectivity index (χ1n) is 11.8. The molecule has 3 aromatic rings. The lowest BCUT2D eigenvalue weighted by Crippen LogP contribution is -2.53. The fraction of sp³-hybridized carbons (Fsp3) is 0.346. The molecule has 2 saturated heterocycles. The number of amides is 1. The fourth-order valence-corrected chi connectivity index (χ4v) is 4.70. The Bertz CT molecular complexity index is 1120. The van der Waals surface area contributed by atoms with Gasteiger partial charge in [-0.25, -0.2) is 9.37 Å². The molecule has 2 aliphatic rings. The Morgan fingerprint density at radius 2 is 1.74 bits per heavy atom. The van der Waals surface area contributed by atoms with Crippen LogP contribution in [-0.4, -0.2) is 64.4 Å². The molecule has 3 heterocycles. The van der Waals surface area contributed by atoms with Crippen molar-refractivity contribution < 1.29 is 9.18 Å². The summed E-state index contributed by atoms with van der Waals surface area (Å²) in [6.45, 7) is 4.83. The van der Waals surface area contributed by atoms with Crippen LogP contribution in [0.5, 0.6) is 0 Å². The van der Waals surface area contributed by atoms with E-state index in [-0.39, 0.29) is 17.8 Å². The Kier molecular flexibility index (Phi) is 6.67. The second-order valence-electron chi connectivity index (χ2n) is 8.79. The van der Waals surface area contributed by atoms with Crippen LogP contribution in [0.2, 0.25) is 0 Å². The first-order valence-corrected chi connectivity index (χ1v) is 11.8. The lowest BCUT2D eigenvalue weighted by Gasteiger charge is -2.37. The highest BCUT2D eigenvalue weighted by Gasteiger charge is 2.36. The van der Waals surface area contributed by atoms with Crippen molar-refractivity contribution in [1.29, 1.82) is 0 Å². The number of halogens is 1. The Morgan fingerprint density at radius 1 is 0.971 bits per heavy atom. The summed E-state index contributed by atoms with van der Waals surface area (Å²) in [4.78, 5) is 28.8. The molecule has 176 valence electrons. The summed E-state index contributed by atoms with van der Waals surface area (Å²) in [5.74, 6) is 0.804. The third-order valence-corrected chi connectivity index (χ3v) is 6.51. The van der Waals surface area contributed by atoms with E-state index in [0.29, 0.717) is 17.5 Å². The SMILES string of the molecule is O=C(C1CCCN1c1nccc(Nc2ccccc2F)n1)N1CCN(Cc2ccccc2)CC1. The van der Waals surface area contributed by atoms with Crippen molar-refractivity contribution in [3.63, 3.8) is 0 Å². The molecule has 2 aromatic carbocycles. The molecule has 2 fully saturated rings. The first kappa shape index (κ1) is 22.3. The molecule has 0 radical (unpaired) electrons. The number of piperazine rings is 1. The van der Waals surface area contributed by atoms with Gasteiger partial charge in [0.2, 0.25) is 11.9 Å². The van der Waals surface area contributed by atoms with Crippen molar-refractivity contribution in [3.05, 3.63) is 78.2 Å². The minimum Gasteiger partial charge on any atom is -0.338 e. The summed E-state index contributed by atoms with van der Waals surface area (Å²) in [6.07, 6.45) is 3.35. The fourth-order valence-electron chi connectivity index (χ4n) is 4.70. The maximum absolute atomic E-state index is 14.0. The van der Waals surface area contributed by atoms with E-state index < -0.39 is 0 Å². The predicted molar refractivity (Wildman–Crippen MR) is 130 cm³/mol. The van der Waals surface area contributed by atoms with Gasteiger partial charge in [0.05, 0.1) is 5.69 Å². The molecule has 0 aliphatic carbocycles. The summed E-state index contributed by atoms with van der Waals surface area (Å²) < 4.78 is 14.0. The van der Waals surface area contributed by atoms with Gasteiger partial charge in [0.1, 0.15) is 17.7 Å². The molecular formula is C26H29FN6O. The van der Waals surface area contributed by atoms with Gasteiger partial charge in [-0.3, -0.25) is 9.69 Å². The van der Waals surface area contributed by atoms with E-state index in [2.05, 4.69) is 44.5 Å². The van der Waals surface area contributed by atoms with E-state index in [1.807, 2.05) is 15.9 Å². The Morgan fingerprint density at radius 3 is 2.53 bits per heavy atom. The van der Waals surface area contributed by atoms with Gasteiger partial charge in [0.15, 0.2) is 0 Å². The van der Waals surface area contributed by atoms with Gasteiger partial charge in [-0.15, -0.1) is 0 Å². The summed E-state index contributed by atoms with van der Waals surface area (Å²) in [7, 11) is 0. The Labute approximate surface area is 199 Å². The van der Waals surface area contributed by atoms with Crippen LogP contribution in [0.3, 0.4) is 0 Å². The molecule has 0 saturated carbocycles. The van der Waals surface area contributed by atoms with Crippen LogP contribution < -0.4 is 10.2 Å². The monoisotopic (exact) mass is 460 g/mol. The topological polar surface area (TPSA) is 64.6 Å². The van der Waals surface area contributed by atoms with Crippen LogP contribution in [0, 0.1) is 5.82 Å². The highest BCUT2D eigenvalue weighted by molar-refractivity contribution is 5.85. The molecule has 2 aliphatic heterocycles. The van der Waals surface area contributed by atoms with Crippen molar-refractivity contribution in [2.24, 2.45) is 0 Å². The van der Waals surface area contributed by atoms with Crippen LogP contribution >= 0.6 is 0 Å². The number of hydrogen-bond donors (Lipinski definition) is 1. The van der Waals surface area contributed by atoms with Crippen molar-refractivity contribution >= 4 is 23.4 Å². The van der Waals surface area contributed by atoms with E-state index in [9.17, 15) is 9.18 Å². The van der Waals surface area contributed by atoms with Crippen LogP contribution in [0.4, 0.5) is 21.8 Å². The number of carbonyl (C=O) groups is 1. The van der Waals surface area contributed by atoms with Crippen LogP contribution in [-0.2, 0) is 11.3 Å². The Hall–Kier alpha value is -3.52. The second kappa shape index (κ2) is 10.2. The molecular weight excluding hydrogens is 431 g/mol. The van der Waals surface area contributed by atoms with E-state index >= 15 is 0 Å². The largest absolute Gasteiger partial charge is 0.338 e. The van der Waals surface area contributed by atoms with Gasteiger partial charge in [-0.1, -0.05) is 42.5 Å². The number of para-hydroxylation sites is 1. The number of rotatable bonds is 6. The molecule has 1 unspecified atom stereocenters. The summed E-state index contributed by atoms with van der Waals surface area (Å²) in [5.41, 5.74) is 1.65. The standard InChI is InChI=1S/C26H29FN6O/c27-21-9-4-5-10-22(21)29-24-12-13-28-26(30-24)33-14-6-11-23(33)25(34)32-17-15-31(16-18-32)19-20-7-2-1-3-8-20/h1-5,7-10,12-13,23H,6,11,14-19H2,(H,28,29,30). The average molecular weight is 461 g/mol. The third-order valence-electron chi connectivity index (χ3n) is 6.51. The number of benzene rings is 2. The number of carbonyl (C=O) groups excluding carboxylic acids is 1. The summed E-state index contributed by atoms with van der Waals surface area (Å²) in [5, 5.41) is 3.01. The van der Waals surface area contributed by atoms with E-state index in [4.69, 9.17) is 0 Å². The normalized spacial score (nSPS) is 18.8. The van der Waals surface area contributed by atoms with Gasteiger partial charge in [0, 0.05) is 45.5 Å². The third kappa shape index (κ3) is 5.02. The molecule has 8 heteroatoms. The lowest BCUT2D eigenvalue weighted by molar-refractivity contribution is -0.134. The quantitative estimate of drug-likeness (QED) is 0.606. The van der Waals surface area contributed by atoms with Gasteiger partial charge in [0.25, 0.3) is 0 Å². The number of nitrogens with one attached hydrogen (secondary N) is 1. The van der Waals surface area contributed by atoms with Gasteiger partial charge >= 0.3 is 0 Å². The highest BCUT2D eigenvalue weighted by Crippen LogP contribution is 2.26. The molecule has 7 nitrogen and oxygen atoms in total. The minimum atomic E-state index is -0.344. The van der Waals surface area contributed by atoms with E-state index in [1.165, 1.54) is 11.6 Å². The Balaban J connectivity index is 1.22. The van der Waals surface area contributed by atoms with E-state index in [1.54, 1.807) is 30.5 Å². The van der Waals surface area contributed by atoms with Gasteiger partial charge < -0.3 is 15.1 Å². The number of hydrogen-bond acceptors (Lipinski definition) is 6. The van der Waals surface area contributed by atoms with Gasteiger partial charge in [-0.2, -0.15) is 4.98 Å². The zero-order chi connectivity index (χ0) is 23.3. The number of nitrogens with zero attached hydrogens (tertiary/aromatic N) is 5. The zero-order valence-corrected chi connectivity index (χ0v) is 19.1. The highest BCUT2D eigenvalue weighted by atomic mass is 19.1. The van der Waals surface area contributed by atoms with Crippen molar-refractivity contribution in [2.75, 3.05) is 42.9 Å². The van der Waals surface area contributed by atoms with Gasteiger partial charge in [-0.05, 0) is 36.6 Å². The van der Waals surface area contributed by atoms with Crippen molar-refractivity contribution in [2.45, 2.75) is 25.4 Å². The molecule has 0 spiro atoms. The molecule has 1 N–H and O–H groups in total. The predicted octanol–water partition coefficient (Wildman–Crippen LogP) is 3.67. The average Bonchev–Trinajstić information content (AvgIpc) is 3.37. The lowest BCUT2D eigenvalue weighted by atomic mass is 10.1. The van der Waals surface area contributed by atoms with Crippen LogP contribution in [0.15, 0.2) is 66.9 Å². The van der Waals surface area contributed by atoms with Crippen molar-refractivity contribution in [1.82, 2.24) is 19.8 Å². The second-order valence-corrected chi connectivity index (χ2v) is 8.79. The van der Waals surface area contributed by atoms with Crippen molar-refractivity contribution in [3.8, 4) is 0 Å². The summed E-state index contributed by atoms with van der Waals surface area (Å²) in [6, 6.07) is 18.4. The molecule has 5 rings (SSSR count). The molecule has 0 bridgehead atoms. The maximum atomic E-state index is 14.0. The smallest absolute Gasteiger partial charge is 0.245 e. The van der Waals surface area contributed by atoms with Crippen LogP contribution in [0.1, 0.15) is 18.4 Å². The zero-order valence-electron chi connectivity index (χ0n) is 19.1. The maximum Gasteiger partial charge on any atom is 0.245 e. The molecule has 1 atom stereocenters. The number of aromatic nitrogens is 2. The molecule has 1 amide bonds.